The molecule has 5 nitrogen and oxygen atoms in total. The molecule has 1 fully saturated rings. The first-order valence-electron chi connectivity index (χ1n) is 6.61. The van der Waals surface area contributed by atoms with Gasteiger partial charge in [0.15, 0.2) is 0 Å². The summed E-state index contributed by atoms with van der Waals surface area (Å²) in [4.78, 5) is 0. The normalized spacial score (nSPS) is 25.9. The average Bonchev–Trinajstić information content (AvgIpc) is 3.07. The van der Waals surface area contributed by atoms with E-state index in [1.54, 1.807) is 18.3 Å². The summed E-state index contributed by atoms with van der Waals surface area (Å²) in [5.74, 6) is 0.0462. The van der Waals surface area contributed by atoms with Gasteiger partial charge in [-0.25, -0.2) is 12.7 Å². The van der Waals surface area contributed by atoms with Gasteiger partial charge in [-0.3, -0.25) is 0 Å². The fourth-order valence-corrected chi connectivity index (χ4v) is 4.97. The highest BCUT2D eigenvalue weighted by Gasteiger charge is 2.41. The number of hydrogen-bond donors (Lipinski definition) is 1. The first-order chi connectivity index (χ1) is 9.50. The summed E-state index contributed by atoms with van der Waals surface area (Å²) in [7, 11) is -1.87. The predicted octanol–water partition coefficient (Wildman–Crippen LogP) is 1.12. The van der Waals surface area contributed by atoms with Crippen molar-refractivity contribution in [2.45, 2.75) is 18.1 Å². The van der Waals surface area contributed by atoms with Crippen molar-refractivity contribution in [1.82, 2.24) is 4.31 Å². The zero-order valence-corrected chi connectivity index (χ0v) is 13.4. The number of thiophene rings is 1. The lowest BCUT2D eigenvalue weighted by atomic mass is 9.92. The number of methoxy groups -OCH3 is 1. The van der Waals surface area contributed by atoms with E-state index in [-0.39, 0.29) is 25.0 Å². The summed E-state index contributed by atoms with van der Waals surface area (Å²) < 4.78 is 31.4. The molecule has 2 rings (SSSR count). The molecule has 1 aromatic rings. The molecule has 3 unspecified atom stereocenters. The molecule has 1 aliphatic rings. The Morgan fingerprint density at radius 1 is 1.55 bits per heavy atom. The molecule has 0 amide bonds. The Morgan fingerprint density at radius 3 is 2.85 bits per heavy atom. The lowest BCUT2D eigenvalue weighted by molar-refractivity contribution is 0.198. The number of aliphatic hydroxyl groups excluding tert-OH is 1. The molecule has 1 N–H and O–H groups in total. The van der Waals surface area contributed by atoms with Crippen LogP contribution < -0.4 is 0 Å². The number of hydrogen-bond acceptors (Lipinski definition) is 5. The smallest absolute Gasteiger partial charge is 0.219 e. The van der Waals surface area contributed by atoms with Crippen molar-refractivity contribution in [2.75, 3.05) is 33.4 Å². The number of rotatable bonds is 6. The second kappa shape index (κ2) is 6.53. The number of aliphatic hydroxyl groups is 1. The van der Waals surface area contributed by atoms with Crippen LogP contribution in [0.3, 0.4) is 0 Å². The number of ether oxygens (including phenoxy) is 1. The Hall–Kier alpha value is -0.470. The lowest BCUT2D eigenvalue weighted by Gasteiger charge is -2.21. The van der Waals surface area contributed by atoms with Gasteiger partial charge in [0.05, 0.1) is 11.9 Å². The van der Waals surface area contributed by atoms with Crippen LogP contribution in [0, 0.1) is 5.92 Å². The molecule has 3 atom stereocenters. The highest BCUT2D eigenvalue weighted by Crippen LogP contribution is 2.35. The minimum absolute atomic E-state index is 0.00515. The van der Waals surface area contributed by atoms with Crippen LogP contribution in [0.25, 0.3) is 0 Å². The molecule has 0 saturated carbocycles. The van der Waals surface area contributed by atoms with E-state index in [0.717, 1.165) is 5.56 Å². The van der Waals surface area contributed by atoms with Gasteiger partial charge in [-0.1, -0.05) is 0 Å². The molecule has 114 valence electrons. The predicted molar refractivity (Wildman–Crippen MR) is 79.5 cm³/mol. The third-order valence-corrected chi connectivity index (χ3v) is 6.76. The second-order valence-electron chi connectivity index (χ2n) is 5.23. The third-order valence-electron chi connectivity index (χ3n) is 3.88. The van der Waals surface area contributed by atoms with Crippen LogP contribution >= 0.6 is 11.3 Å². The molecule has 2 heterocycles. The highest BCUT2D eigenvalue weighted by atomic mass is 32.2. The lowest BCUT2D eigenvalue weighted by Crippen LogP contribution is -2.38. The van der Waals surface area contributed by atoms with Gasteiger partial charge in [-0.15, -0.1) is 0 Å². The molecular formula is C13H21NO4S2. The quantitative estimate of drug-likeness (QED) is 0.853. The minimum atomic E-state index is -3.37. The van der Waals surface area contributed by atoms with Gasteiger partial charge in [0.2, 0.25) is 10.0 Å². The van der Waals surface area contributed by atoms with E-state index in [2.05, 4.69) is 0 Å². The first-order valence-corrected chi connectivity index (χ1v) is 9.06. The number of nitrogens with zero attached hydrogens (tertiary/aromatic N) is 1. The van der Waals surface area contributed by atoms with Crippen LogP contribution in [-0.4, -0.2) is 56.5 Å². The van der Waals surface area contributed by atoms with Gasteiger partial charge >= 0.3 is 0 Å². The summed E-state index contributed by atoms with van der Waals surface area (Å²) in [5, 5.41) is 13.0. The molecular weight excluding hydrogens is 298 g/mol. The molecule has 0 aliphatic carbocycles. The van der Waals surface area contributed by atoms with Gasteiger partial charge < -0.3 is 9.84 Å². The molecule has 7 heteroatoms. The van der Waals surface area contributed by atoms with E-state index in [1.807, 2.05) is 16.8 Å². The summed E-state index contributed by atoms with van der Waals surface area (Å²) in [6.07, 6.45) is 0. The SMILES string of the molecule is COCC(C)S(=O)(=O)N1CC(CO)C(c2ccsc2)C1. The van der Waals surface area contributed by atoms with Crippen LogP contribution in [0.15, 0.2) is 16.8 Å². The fraction of sp³-hybridized carbons (Fsp3) is 0.692. The van der Waals surface area contributed by atoms with Crippen molar-refractivity contribution in [1.29, 1.82) is 0 Å². The summed E-state index contributed by atoms with van der Waals surface area (Å²) in [6.45, 7) is 2.67. The van der Waals surface area contributed by atoms with E-state index in [0.29, 0.717) is 13.1 Å². The molecule has 0 bridgehead atoms. The monoisotopic (exact) mass is 319 g/mol. The van der Waals surface area contributed by atoms with E-state index < -0.39 is 15.3 Å². The van der Waals surface area contributed by atoms with Gasteiger partial charge in [0.1, 0.15) is 0 Å². The van der Waals surface area contributed by atoms with Crippen molar-refractivity contribution in [3.8, 4) is 0 Å². The standard InChI is InChI=1S/C13H21NO4S2/c1-10(8-18-2)20(16,17)14-5-12(7-15)13(6-14)11-3-4-19-9-11/h3-4,9-10,12-13,15H,5-8H2,1-2H3. The van der Waals surface area contributed by atoms with Crippen LogP contribution in [-0.2, 0) is 14.8 Å². The maximum atomic E-state index is 12.5. The Kier molecular flexibility index (Phi) is 5.19. The van der Waals surface area contributed by atoms with Gasteiger partial charge in [0.25, 0.3) is 0 Å². The highest BCUT2D eigenvalue weighted by molar-refractivity contribution is 7.89. The van der Waals surface area contributed by atoms with E-state index in [4.69, 9.17) is 4.74 Å². The van der Waals surface area contributed by atoms with Crippen LogP contribution in [0.1, 0.15) is 18.4 Å². The van der Waals surface area contributed by atoms with E-state index in [1.165, 1.54) is 11.4 Å². The molecule has 1 aromatic heterocycles. The Bertz CT molecular complexity index is 514. The molecule has 1 aliphatic heterocycles. The van der Waals surface area contributed by atoms with Gasteiger partial charge in [-0.05, 0) is 29.3 Å². The average molecular weight is 319 g/mol. The van der Waals surface area contributed by atoms with Crippen LogP contribution in [0.2, 0.25) is 0 Å². The van der Waals surface area contributed by atoms with Crippen molar-refractivity contribution in [2.24, 2.45) is 5.92 Å². The summed E-state index contributed by atoms with van der Waals surface area (Å²) in [5.41, 5.74) is 1.12. The number of sulfonamides is 1. The van der Waals surface area contributed by atoms with Crippen molar-refractivity contribution in [3.05, 3.63) is 22.4 Å². The van der Waals surface area contributed by atoms with E-state index in [9.17, 15) is 13.5 Å². The van der Waals surface area contributed by atoms with Gasteiger partial charge in [-0.2, -0.15) is 11.3 Å². The van der Waals surface area contributed by atoms with E-state index >= 15 is 0 Å². The topological polar surface area (TPSA) is 66.8 Å². The molecule has 0 spiro atoms. The Labute approximate surface area is 124 Å². The third kappa shape index (κ3) is 3.07. The largest absolute Gasteiger partial charge is 0.396 e. The fourth-order valence-electron chi connectivity index (χ4n) is 2.66. The minimum Gasteiger partial charge on any atom is -0.396 e. The second-order valence-corrected chi connectivity index (χ2v) is 8.36. The van der Waals surface area contributed by atoms with Gasteiger partial charge in [0, 0.05) is 38.6 Å². The summed E-state index contributed by atoms with van der Waals surface area (Å²) in [6, 6.07) is 2.01. The Morgan fingerprint density at radius 2 is 2.30 bits per heavy atom. The van der Waals surface area contributed by atoms with Crippen molar-refractivity contribution in [3.63, 3.8) is 0 Å². The molecule has 0 radical (unpaired) electrons. The molecule has 0 aromatic carbocycles. The summed E-state index contributed by atoms with van der Waals surface area (Å²) >= 11 is 1.59. The van der Waals surface area contributed by atoms with Crippen LogP contribution in [0.5, 0.6) is 0 Å². The Balaban J connectivity index is 2.16. The molecule has 1 saturated heterocycles. The van der Waals surface area contributed by atoms with Crippen molar-refractivity contribution < 1.29 is 18.3 Å². The first kappa shape index (κ1) is 15.9. The zero-order valence-electron chi connectivity index (χ0n) is 11.7. The maximum absolute atomic E-state index is 12.5. The molecule has 20 heavy (non-hydrogen) atoms. The maximum Gasteiger partial charge on any atom is 0.219 e. The zero-order chi connectivity index (χ0) is 14.8. The van der Waals surface area contributed by atoms with Crippen molar-refractivity contribution >= 4 is 21.4 Å². The van der Waals surface area contributed by atoms with Crippen LogP contribution in [0.4, 0.5) is 0 Å².